The van der Waals surface area contributed by atoms with Gasteiger partial charge in [-0.25, -0.2) is 4.79 Å². The average Bonchev–Trinajstić information content (AvgIpc) is 2.92. The number of hydrogen-bond acceptors (Lipinski definition) is 3. The van der Waals surface area contributed by atoms with Crippen LogP contribution in [0, 0.1) is 0 Å². The van der Waals surface area contributed by atoms with E-state index in [0.29, 0.717) is 19.5 Å². The van der Waals surface area contributed by atoms with Gasteiger partial charge in [0.25, 0.3) is 0 Å². The van der Waals surface area contributed by atoms with E-state index in [2.05, 4.69) is 41.5 Å². The van der Waals surface area contributed by atoms with Crippen molar-refractivity contribution in [3.05, 3.63) is 35.9 Å². The maximum absolute atomic E-state index is 13.4. The third-order valence-electron chi connectivity index (χ3n) is 6.11. The molecule has 2 atom stereocenters. The molecule has 0 aliphatic carbocycles. The molecule has 2 N–H and O–H groups in total. The summed E-state index contributed by atoms with van der Waals surface area (Å²) in [6.45, 7) is 11.5. The minimum atomic E-state index is -0.357. The van der Waals surface area contributed by atoms with Crippen LogP contribution < -0.4 is 10.6 Å². The molecular weight excluding hydrogens is 364 g/mol. The molecule has 1 spiro atoms. The highest BCUT2D eigenvalue weighted by atomic mass is 16.2. The molecule has 2 heterocycles. The number of carbonyl (C=O) groups is 2. The van der Waals surface area contributed by atoms with Crippen LogP contribution in [-0.2, 0) is 11.2 Å². The van der Waals surface area contributed by atoms with Crippen LogP contribution in [-0.4, -0.2) is 58.1 Å². The summed E-state index contributed by atoms with van der Waals surface area (Å²) in [4.78, 5) is 29.9. The molecule has 2 saturated heterocycles. The van der Waals surface area contributed by atoms with Crippen molar-refractivity contribution in [3.8, 4) is 0 Å². The maximum atomic E-state index is 13.4. The number of likely N-dealkylation sites (tertiary alicyclic amines) is 1. The Morgan fingerprint density at radius 3 is 2.41 bits per heavy atom. The van der Waals surface area contributed by atoms with Crippen molar-refractivity contribution in [1.82, 2.24) is 20.4 Å². The van der Waals surface area contributed by atoms with Gasteiger partial charge in [-0.2, -0.15) is 0 Å². The predicted octanol–water partition coefficient (Wildman–Crippen LogP) is 3.13. The van der Waals surface area contributed by atoms with E-state index in [4.69, 9.17) is 0 Å². The first-order chi connectivity index (χ1) is 13.6. The Hall–Kier alpha value is -2.08. The molecule has 0 unspecified atom stereocenters. The Labute approximate surface area is 175 Å². The number of nitrogens with zero attached hydrogens (tertiary/aromatic N) is 2. The van der Waals surface area contributed by atoms with Crippen molar-refractivity contribution < 1.29 is 9.59 Å². The molecule has 2 aliphatic rings. The van der Waals surface area contributed by atoms with Crippen LogP contribution in [0.5, 0.6) is 0 Å². The molecule has 29 heavy (non-hydrogen) atoms. The lowest BCUT2D eigenvalue weighted by molar-refractivity contribution is -0.136. The molecule has 160 valence electrons. The minimum Gasteiger partial charge on any atom is -0.333 e. The zero-order valence-corrected chi connectivity index (χ0v) is 18.5. The van der Waals surface area contributed by atoms with Crippen LogP contribution in [0.4, 0.5) is 4.79 Å². The second-order valence-corrected chi connectivity index (χ2v) is 9.55. The fourth-order valence-corrected chi connectivity index (χ4v) is 4.51. The normalized spacial score (nSPS) is 22.8. The van der Waals surface area contributed by atoms with Crippen molar-refractivity contribution in [1.29, 1.82) is 0 Å². The summed E-state index contributed by atoms with van der Waals surface area (Å²) in [7, 11) is 0. The Bertz CT molecular complexity index is 720. The highest BCUT2D eigenvalue weighted by molar-refractivity contribution is 5.86. The maximum Gasteiger partial charge on any atom is 0.317 e. The van der Waals surface area contributed by atoms with Gasteiger partial charge in [0.2, 0.25) is 5.91 Å². The highest BCUT2D eigenvalue weighted by Gasteiger charge is 2.53. The number of rotatable bonds is 4. The second kappa shape index (κ2) is 8.34. The van der Waals surface area contributed by atoms with Gasteiger partial charge in [0.1, 0.15) is 0 Å². The van der Waals surface area contributed by atoms with Crippen molar-refractivity contribution in [2.24, 2.45) is 0 Å². The molecular formula is C23H36N4O2. The van der Waals surface area contributed by atoms with Crippen LogP contribution in [0.2, 0.25) is 0 Å². The van der Waals surface area contributed by atoms with Gasteiger partial charge >= 0.3 is 6.03 Å². The summed E-state index contributed by atoms with van der Waals surface area (Å²) in [6, 6.07) is 10.1. The van der Waals surface area contributed by atoms with E-state index in [0.717, 1.165) is 19.3 Å². The Morgan fingerprint density at radius 2 is 1.86 bits per heavy atom. The van der Waals surface area contributed by atoms with Gasteiger partial charge in [-0.05, 0) is 46.1 Å². The zero-order chi connectivity index (χ0) is 21.2. The third-order valence-corrected chi connectivity index (χ3v) is 6.11. The first kappa shape index (κ1) is 21.6. The van der Waals surface area contributed by atoms with Gasteiger partial charge in [-0.1, -0.05) is 37.3 Å². The summed E-state index contributed by atoms with van der Waals surface area (Å²) >= 11 is 0. The van der Waals surface area contributed by atoms with Crippen molar-refractivity contribution in [2.45, 2.75) is 83.6 Å². The lowest BCUT2D eigenvalue weighted by Crippen LogP contribution is -2.62. The van der Waals surface area contributed by atoms with E-state index in [1.807, 2.05) is 43.9 Å². The fourth-order valence-electron chi connectivity index (χ4n) is 4.51. The number of benzene rings is 1. The van der Waals surface area contributed by atoms with Crippen LogP contribution in [0.15, 0.2) is 30.3 Å². The number of piperidine rings is 1. The molecule has 0 aromatic heterocycles. The van der Waals surface area contributed by atoms with Gasteiger partial charge in [0, 0.05) is 37.5 Å². The monoisotopic (exact) mass is 400 g/mol. The molecule has 2 fully saturated rings. The zero-order valence-electron chi connectivity index (χ0n) is 18.5. The Kier molecular flexibility index (Phi) is 6.22. The smallest absolute Gasteiger partial charge is 0.317 e. The molecule has 1 aromatic carbocycles. The predicted molar refractivity (Wildman–Crippen MR) is 115 cm³/mol. The summed E-state index contributed by atoms with van der Waals surface area (Å²) in [5, 5.41) is 6.74. The summed E-state index contributed by atoms with van der Waals surface area (Å²) in [5.41, 5.74) is 0.559. The molecule has 0 bridgehead atoms. The van der Waals surface area contributed by atoms with Gasteiger partial charge < -0.3 is 15.1 Å². The van der Waals surface area contributed by atoms with Crippen LogP contribution in [0.3, 0.4) is 0 Å². The molecule has 3 rings (SSSR count). The van der Waals surface area contributed by atoms with E-state index in [1.54, 1.807) is 0 Å². The standard InChI is InChI=1S/C23H36N4O2/c1-6-17(2)27-20(28)19(16-18-10-8-7-9-11-18)24-23(27)12-14-26(15-13-23)21(29)25-22(3,4)5/h7-11,17,19,24H,6,12-16H2,1-5H3,(H,25,29)/t17-,19+/m0/s1. The van der Waals surface area contributed by atoms with Crippen molar-refractivity contribution in [2.75, 3.05) is 13.1 Å². The molecule has 3 amide bonds. The highest BCUT2D eigenvalue weighted by Crippen LogP contribution is 2.35. The fraction of sp³-hybridized carbons (Fsp3) is 0.652. The van der Waals surface area contributed by atoms with E-state index < -0.39 is 0 Å². The number of hydrogen-bond donors (Lipinski definition) is 2. The number of nitrogens with one attached hydrogen (secondary N) is 2. The molecule has 2 aliphatic heterocycles. The van der Waals surface area contributed by atoms with E-state index in [-0.39, 0.29) is 35.2 Å². The van der Waals surface area contributed by atoms with E-state index in [1.165, 1.54) is 5.56 Å². The van der Waals surface area contributed by atoms with Crippen LogP contribution in [0.25, 0.3) is 0 Å². The summed E-state index contributed by atoms with van der Waals surface area (Å²) in [6.07, 6.45) is 3.13. The molecule has 0 radical (unpaired) electrons. The lowest BCUT2D eigenvalue weighted by Gasteiger charge is -2.47. The number of carbonyl (C=O) groups excluding carboxylic acids is 2. The van der Waals surface area contributed by atoms with Crippen molar-refractivity contribution >= 4 is 11.9 Å². The first-order valence-corrected chi connectivity index (χ1v) is 10.9. The molecule has 6 nitrogen and oxygen atoms in total. The number of amides is 3. The molecule has 1 aromatic rings. The van der Waals surface area contributed by atoms with Crippen LogP contribution in [0.1, 0.15) is 59.4 Å². The van der Waals surface area contributed by atoms with Gasteiger partial charge in [-0.3, -0.25) is 10.1 Å². The Morgan fingerprint density at radius 1 is 1.24 bits per heavy atom. The van der Waals surface area contributed by atoms with Crippen LogP contribution >= 0.6 is 0 Å². The minimum absolute atomic E-state index is 0.0207. The Balaban J connectivity index is 1.74. The molecule has 0 saturated carbocycles. The SMILES string of the molecule is CC[C@H](C)N1C(=O)[C@@H](Cc2ccccc2)NC12CCN(C(=O)NC(C)(C)C)CC2. The summed E-state index contributed by atoms with van der Waals surface area (Å²) < 4.78 is 0. The van der Waals surface area contributed by atoms with Crippen molar-refractivity contribution in [3.63, 3.8) is 0 Å². The topological polar surface area (TPSA) is 64.7 Å². The molecule has 6 heteroatoms. The first-order valence-electron chi connectivity index (χ1n) is 10.9. The van der Waals surface area contributed by atoms with E-state index >= 15 is 0 Å². The quantitative estimate of drug-likeness (QED) is 0.816. The van der Waals surface area contributed by atoms with Gasteiger partial charge in [0.05, 0.1) is 11.7 Å². The van der Waals surface area contributed by atoms with E-state index in [9.17, 15) is 9.59 Å². The average molecular weight is 401 g/mol. The second-order valence-electron chi connectivity index (χ2n) is 9.55. The largest absolute Gasteiger partial charge is 0.333 e. The van der Waals surface area contributed by atoms with Gasteiger partial charge in [-0.15, -0.1) is 0 Å². The summed E-state index contributed by atoms with van der Waals surface area (Å²) in [5.74, 6) is 0.191. The third kappa shape index (κ3) is 4.74. The van der Waals surface area contributed by atoms with Gasteiger partial charge in [0.15, 0.2) is 0 Å². The lowest BCUT2D eigenvalue weighted by atomic mass is 9.94. The number of urea groups is 1.